The van der Waals surface area contributed by atoms with E-state index in [1.165, 1.54) is 19.3 Å². The van der Waals surface area contributed by atoms with E-state index in [-0.39, 0.29) is 6.61 Å². The number of hydrogen-bond acceptors (Lipinski definition) is 3. The van der Waals surface area contributed by atoms with Gasteiger partial charge in [-0.15, -0.1) is 0 Å². The molecule has 88 valence electrons. The van der Waals surface area contributed by atoms with Crippen LogP contribution in [-0.2, 0) is 6.54 Å². The van der Waals surface area contributed by atoms with Gasteiger partial charge >= 0.3 is 0 Å². The maximum Gasteiger partial charge on any atom is 0.0558 e. The summed E-state index contributed by atoms with van der Waals surface area (Å²) >= 11 is 0. The molecule has 0 bridgehead atoms. The fourth-order valence-electron chi connectivity index (χ4n) is 2.17. The highest BCUT2D eigenvalue weighted by Crippen LogP contribution is 2.25. The van der Waals surface area contributed by atoms with Gasteiger partial charge in [0.2, 0.25) is 0 Å². The Morgan fingerprint density at radius 2 is 2.25 bits per heavy atom. The van der Waals surface area contributed by atoms with E-state index in [2.05, 4.69) is 22.0 Å². The average molecular weight is 220 g/mol. The summed E-state index contributed by atoms with van der Waals surface area (Å²) in [5, 5.41) is 9.08. The third kappa shape index (κ3) is 2.80. The van der Waals surface area contributed by atoms with Crippen LogP contribution in [0.15, 0.2) is 18.2 Å². The first-order valence-corrected chi connectivity index (χ1v) is 6.07. The number of rotatable bonds is 5. The molecule has 1 aromatic rings. The number of aliphatic hydroxyl groups excluding tert-OH is 1. The van der Waals surface area contributed by atoms with Gasteiger partial charge in [-0.1, -0.05) is 12.5 Å². The van der Waals surface area contributed by atoms with E-state index in [1.54, 1.807) is 0 Å². The van der Waals surface area contributed by atoms with Gasteiger partial charge in [-0.3, -0.25) is 9.88 Å². The molecular weight excluding hydrogens is 200 g/mol. The highest BCUT2D eigenvalue weighted by molar-refractivity contribution is 5.10. The minimum Gasteiger partial charge on any atom is -0.395 e. The Balaban J connectivity index is 1.98. The first-order chi connectivity index (χ1) is 7.79. The first kappa shape index (κ1) is 11.6. The summed E-state index contributed by atoms with van der Waals surface area (Å²) in [4.78, 5) is 6.87. The van der Waals surface area contributed by atoms with Crippen LogP contribution in [-0.4, -0.2) is 34.2 Å². The van der Waals surface area contributed by atoms with Crippen molar-refractivity contribution in [1.29, 1.82) is 0 Å². The Bertz CT molecular complexity index is 336. The summed E-state index contributed by atoms with van der Waals surface area (Å²) in [6.07, 6.45) is 3.87. The predicted octanol–water partition coefficient (Wildman–Crippen LogP) is 1.74. The molecular formula is C13H20N2O. The first-order valence-electron chi connectivity index (χ1n) is 6.07. The topological polar surface area (TPSA) is 36.4 Å². The van der Waals surface area contributed by atoms with E-state index in [1.807, 2.05) is 13.0 Å². The zero-order valence-corrected chi connectivity index (χ0v) is 9.89. The summed E-state index contributed by atoms with van der Waals surface area (Å²) in [6, 6.07) is 6.80. The largest absolute Gasteiger partial charge is 0.395 e. The van der Waals surface area contributed by atoms with Crippen molar-refractivity contribution in [3.8, 4) is 0 Å². The molecule has 1 aliphatic rings. The second kappa shape index (κ2) is 5.41. The van der Waals surface area contributed by atoms with E-state index < -0.39 is 0 Å². The van der Waals surface area contributed by atoms with E-state index in [0.29, 0.717) is 6.04 Å². The number of aliphatic hydroxyl groups is 1. The molecule has 3 nitrogen and oxygen atoms in total. The zero-order valence-electron chi connectivity index (χ0n) is 9.89. The van der Waals surface area contributed by atoms with Crippen molar-refractivity contribution in [1.82, 2.24) is 9.88 Å². The van der Waals surface area contributed by atoms with Crippen molar-refractivity contribution >= 4 is 0 Å². The van der Waals surface area contributed by atoms with Gasteiger partial charge in [-0.05, 0) is 31.9 Å². The van der Waals surface area contributed by atoms with Crippen molar-refractivity contribution in [2.75, 3.05) is 13.2 Å². The smallest absolute Gasteiger partial charge is 0.0558 e. The fraction of sp³-hybridized carbons (Fsp3) is 0.615. The number of aryl methyl sites for hydroxylation is 1. The molecule has 1 aromatic heterocycles. The Kier molecular flexibility index (Phi) is 3.91. The Hall–Kier alpha value is -0.930. The molecule has 0 aromatic carbocycles. The lowest BCUT2D eigenvalue weighted by Gasteiger charge is -2.37. The summed E-state index contributed by atoms with van der Waals surface area (Å²) in [5.41, 5.74) is 2.18. The van der Waals surface area contributed by atoms with Crippen LogP contribution >= 0.6 is 0 Å². The molecule has 2 rings (SSSR count). The van der Waals surface area contributed by atoms with Crippen LogP contribution in [0.2, 0.25) is 0 Å². The SMILES string of the molecule is Cc1cccc(CN(CCO)C2CCC2)n1. The van der Waals surface area contributed by atoms with Crippen molar-refractivity contribution in [3.63, 3.8) is 0 Å². The third-order valence-corrected chi connectivity index (χ3v) is 3.29. The maximum absolute atomic E-state index is 9.08. The average Bonchev–Trinajstić information content (AvgIpc) is 2.15. The van der Waals surface area contributed by atoms with Gasteiger partial charge in [0.05, 0.1) is 12.3 Å². The molecule has 1 N–H and O–H groups in total. The minimum absolute atomic E-state index is 0.238. The lowest BCUT2D eigenvalue weighted by molar-refractivity contribution is 0.0933. The van der Waals surface area contributed by atoms with E-state index >= 15 is 0 Å². The molecule has 0 spiro atoms. The summed E-state index contributed by atoms with van der Waals surface area (Å²) in [5.74, 6) is 0. The van der Waals surface area contributed by atoms with Crippen LogP contribution < -0.4 is 0 Å². The fourth-order valence-corrected chi connectivity index (χ4v) is 2.17. The van der Waals surface area contributed by atoms with Gasteiger partial charge in [-0.25, -0.2) is 0 Å². The molecule has 0 unspecified atom stereocenters. The second-order valence-electron chi connectivity index (χ2n) is 4.55. The Morgan fingerprint density at radius 3 is 2.81 bits per heavy atom. The molecule has 1 aliphatic carbocycles. The summed E-state index contributed by atoms with van der Waals surface area (Å²) in [7, 11) is 0. The van der Waals surface area contributed by atoms with Crippen LogP contribution in [0, 0.1) is 6.92 Å². The number of pyridine rings is 1. The standard InChI is InChI=1S/C13H20N2O/c1-11-4-2-5-12(14-11)10-15(8-9-16)13-6-3-7-13/h2,4-5,13,16H,3,6-10H2,1H3. The molecule has 0 amide bonds. The van der Waals surface area contributed by atoms with Crippen molar-refractivity contribution in [3.05, 3.63) is 29.6 Å². The highest BCUT2D eigenvalue weighted by atomic mass is 16.3. The number of aromatic nitrogens is 1. The second-order valence-corrected chi connectivity index (χ2v) is 4.55. The molecule has 0 atom stereocenters. The lowest BCUT2D eigenvalue weighted by Crippen LogP contribution is -2.41. The van der Waals surface area contributed by atoms with Gasteiger partial charge in [0.1, 0.15) is 0 Å². The normalized spacial score (nSPS) is 16.4. The van der Waals surface area contributed by atoms with E-state index in [4.69, 9.17) is 5.11 Å². The van der Waals surface area contributed by atoms with E-state index in [0.717, 1.165) is 24.5 Å². The lowest BCUT2D eigenvalue weighted by atomic mass is 9.91. The molecule has 0 saturated heterocycles. The van der Waals surface area contributed by atoms with Crippen molar-refractivity contribution < 1.29 is 5.11 Å². The highest BCUT2D eigenvalue weighted by Gasteiger charge is 2.24. The van der Waals surface area contributed by atoms with Gasteiger partial charge < -0.3 is 5.11 Å². The summed E-state index contributed by atoms with van der Waals surface area (Å²) in [6.45, 7) is 3.89. The van der Waals surface area contributed by atoms with Crippen LogP contribution in [0.3, 0.4) is 0 Å². The number of hydrogen-bond donors (Lipinski definition) is 1. The van der Waals surface area contributed by atoms with Crippen LogP contribution in [0.4, 0.5) is 0 Å². The van der Waals surface area contributed by atoms with E-state index in [9.17, 15) is 0 Å². The molecule has 0 aliphatic heterocycles. The van der Waals surface area contributed by atoms with Gasteiger partial charge in [0, 0.05) is 24.8 Å². The van der Waals surface area contributed by atoms with Crippen LogP contribution in [0.25, 0.3) is 0 Å². The zero-order chi connectivity index (χ0) is 11.4. The molecule has 0 radical (unpaired) electrons. The van der Waals surface area contributed by atoms with Crippen molar-refractivity contribution in [2.45, 2.75) is 38.8 Å². The third-order valence-electron chi connectivity index (χ3n) is 3.29. The Labute approximate surface area is 97.1 Å². The molecule has 1 heterocycles. The predicted molar refractivity (Wildman–Crippen MR) is 64.1 cm³/mol. The molecule has 1 saturated carbocycles. The van der Waals surface area contributed by atoms with Crippen molar-refractivity contribution in [2.24, 2.45) is 0 Å². The summed E-state index contributed by atoms with van der Waals surface area (Å²) < 4.78 is 0. The van der Waals surface area contributed by atoms with Gasteiger partial charge in [-0.2, -0.15) is 0 Å². The van der Waals surface area contributed by atoms with Crippen LogP contribution in [0.5, 0.6) is 0 Å². The minimum atomic E-state index is 0.238. The molecule has 1 fully saturated rings. The molecule has 3 heteroatoms. The monoisotopic (exact) mass is 220 g/mol. The van der Waals surface area contributed by atoms with Gasteiger partial charge in [0.25, 0.3) is 0 Å². The quantitative estimate of drug-likeness (QED) is 0.821. The molecule has 16 heavy (non-hydrogen) atoms. The van der Waals surface area contributed by atoms with Gasteiger partial charge in [0.15, 0.2) is 0 Å². The maximum atomic E-state index is 9.08. The Morgan fingerprint density at radius 1 is 1.44 bits per heavy atom. The van der Waals surface area contributed by atoms with Crippen LogP contribution in [0.1, 0.15) is 30.7 Å². The number of nitrogens with zero attached hydrogens (tertiary/aromatic N) is 2.